The number of carbonyl (C=O) groups excluding carboxylic acids is 1. The summed E-state index contributed by atoms with van der Waals surface area (Å²) < 4.78 is 1.89. The quantitative estimate of drug-likeness (QED) is 0.859. The van der Waals surface area contributed by atoms with Crippen molar-refractivity contribution < 1.29 is 14.7 Å². The molecule has 0 amide bonds. The summed E-state index contributed by atoms with van der Waals surface area (Å²) in [5.74, 6) is -1.09. The number of Topliss-reactive ketones (excluding diaryl/α,β-unsaturated/α-hetero) is 1. The number of para-hydroxylation sites is 1. The van der Waals surface area contributed by atoms with Crippen molar-refractivity contribution in [2.45, 2.75) is 20.3 Å². The molecule has 0 aliphatic heterocycles. The largest absolute Gasteiger partial charge is 0.481 e. The first-order valence-electron chi connectivity index (χ1n) is 6.13. The Morgan fingerprint density at radius 2 is 1.89 bits per heavy atom. The van der Waals surface area contributed by atoms with Crippen LogP contribution in [0.1, 0.15) is 30.6 Å². The van der Waals surface area contributed by atoms with Crippen LogP contribution in [0.5, 0.6) is 0 Å². The van der Waals surface area contributed by atoms with Crippen molar-refractivity contribution in [2.75, 3.05) is 0 Å². The van der Waals surface area contributed by atoms with Gasteiger partial charge in [0.15, 0.2) is 5.78 Å². The molecule has 4 heteroatoms. The molecule has 0 radical (unpaired) electrons. The van der Waals surface area contributed by atoms with Crippen LogP contribution < -0.4 is 0 Å². The Morgan fingerprint density at radius 1 is 1.26 bits per heavy atom. The van der Waals surface area contributed by atoms with Crippen molar-refractivity contribution in [2.24, 2.45) is 12.5 Å². The Kier molecular flexibility index (Phi) is 3.18. The molecule has 0 spiro atoms. The summed E-state index contributed by atoms with van der Waals surface area (Å²) >= 11 is 0. The van der Waals surface area contributed by atoms with E-state index in [1.807, 2.05) is 35.9 Å². The molecule has 1 aromatic carbocycles. The molecule has 2 rings (SSSR count). The number of ketones is 1. The molecule has 0 aliphatic carbocycles. The Hall–Kier alpha value is -2.10. The Bertz CT molecular complexity index is 652. The standard InChI is InChI=1S/C15H17NO3/c1-15(2,8-13(17)18)14(19)11-9-16(3)12-7-5-4-6-10(11)12/h4-7,9H,8H2,1-3H3,(H,17,18). The lowest BCUT2D eigenvalue weighted by atomic mass is 9.81. The van der Waals surface area contributed by atoms with E-state index >= 15 is 0 Å². The van der Waals surface area contributed by atoms with Crippen LogP contribution in [0.15, 0.2) is 30.5 Å². The van der Waals surface area contributed by atoms with Gasteiger partial charge in [-0.15, -0.1) is 0 Å². The number of nitrogens with zero attached hydrogens (tertiary/aromatic N) is 1. The number of hydrogen-bond donors (Lipinski definition) is 1. The van der Waals surface area contributed by atoms with Gasteiger partial charge in [0.2, 0.25) is 0 Å². The molecule has 0 saturated heterocycles. The molecule has 19 heavy (non-hydrogen) atoms. The Balaban J connectivity index is 2.50. The van der Waals surface area contributed by atoms with E-state index in [-0.39, 0.29) is 12.2 Å². The number of carboxylic acid groups (broad SMARTS) is 1. The number of aliphatic carboxylic acids is 1. The second kappa shape index (κ2) is 4.53. The van der Waals surface area contributed by atoms with Crippen LogP contribution in [0.4, 0.5) is 0 Å². The number of benzene rings is 1. The second-order valence-electron chi connectivity index (χ2n) is 5.45. The molecule has 1 N–H and O–H groups in total. The lowest BCUT2D eigenvalue weighted by Gasteiger charge is -2.20. The average molecular weight is 259 g/mol. The minimum atomic E-state index is -0.960. The minimum Gasteiger partial charge on any atom is -0.481 e. The van der Waals surface area contributed by atoms with Crippen LogP contribution in [0, 0.1) is 5.41 Å². The van der Waals surface area contributed by atoms with Crippen LogP contribution in [0.25, 0.3) is 10.9 Å². The lowest BCUT2D eigenvalue weighted by Crippen LogP contribution is -2.27. The molecule has 0 atom stereocenters. The average Bonchev–Trinajstić information content (AvgIpc) is 2.65. The van der Waals surface area contributed by atoms with Gasteiger partial charge in [-0.3, -0.25) is 9.59 Å². The molecular formula is C15H17NO3. The van der Waals surface area contributed by atoms with Gasteiger partial charge < -0.3 is 9.67 Å². The number of carbonyl (C=O) groups is 2. The van der Waals surface area contributed by atoms with Gasteiger partial charge in [0, 0.05) is 35.1 Å². The summed E-state index contributed by atoms with van der Waals surface area (Å²) in [4.78, 5) is 23.4. The maximum Gasteiger partial charge on any atom is 0.304 e. The Morgan fingerprint density at radius 3 is 2.53 bits per heavy atom. The number of aromatic nitrogens is 1. The van der Waals surface area contributed by atoms with Crippen LogP contribution in [-0.2, 0) is 11.8 Å². The summed E-state index contributed by atoms with van der Waals surface area (Å²) in [6, 6.07) is 7.62. The molecule has 100 valence electrons. The SMILES string of the molecule is Cn1cc(C(=O)C(C)(C)CC(=O)O)c2ccccc21. The van der Waals surface area contributed by atoms with Crippen molar-refractivity contribution in [1.29, 1.82) is 0 Å². The van der Waals surface area contributed by atoms with Gasteiger partial charge >= 0.3 is 5.97 Å². The normalized spacial score (nSPS) is 11.7. The summed E-state index contributed by atoms with van der Waals surface area (Å²) in [5.41, 5.74) is 0.650. The van der Waals surface area contributed by atoms with E-state index in [2.05, 4.69) is 0 Å². The van der Waals surface area contributed by atoms with Crippen LogP contribution in [0.3, 0.4) is 0 Å². The smallest absolute Gasteiger partial charge is 0.304 e. The third-order valence-electron chi connectivity index (χ3n) is 3.35. The molecular weight excluding hydrogens is 242 g/mol. The summed E-state index contributed by atoms with van der Waals surface area (Å²) in [5, 5.41) is 9.77. The van der Waals surface area contributed by atoms with Crippen molar-refractivity contribution in [1.82, 2.24) is 4.57 Å². The molecule has 2 aromatic rings. The predicted octanol–water partition coefficient (Wildman–Crippen LogP) is 2.86. The summed E-state index contributed by atoms with van der Waals surface area (Å²) in [6.07, 6.45) is 1.60. The van der Waals surface area contributed by atoms with E-state index < -0.39 is 11.4 Å². The van der Waals surface area contributed by atoms with Gasteiger partial charge in [0.05, 0.1) is 6.42 Å². The molecule has 0 saturated carbocycles. The zero-order valence-electron chi connectivity index (χ0n) is 11.3. The van der Waals surface area contributed by atoms with Crippen molar-refractivity contribution >= 4 is 22.7 Å². The summed E-state index contributed by atoms with van der Waals surface area (Å²) in [7, 11) is 1.88. The number of fused-ring (bicyclic) bond motifs is 1. The van der Waals surface area contributed by atoms with Crippen molar-refractivity contribution in [3.05, 3.63) is 36.0 Å². The lowest BCUT2D eigenvalue weighted by molar-refractivity contribution is -0.138. The minimum absolute atomic E-state index is 0.133. The van der Waals surface area contributed by atoms with Crippen LogP contribution in [0.2, 0.25) is 0 Å². The number of aryl methyl sites for hydroxylation is 1. The van der Waals surface area contributed by atoms with Gasteiger partial charge in [-0.2, -0.15) is 0 Å². The van der Waals surface area contributed by atoms with Crippen LogP contribution in [-0.4, -0.2) is 21.4 Å². The van der Waals surface area contributed by atoms with E-state index in [4.69, 9.17) is 5.11 Å². The first-order valence-corrected chi connectivity index (χ1v) is 6.13. The van der Waals surface area contributed by atoms with Gasteiger partial charge in [-0.1, -0.05) is 32.0 Å². The molecule has 4 nitrogen and oxygen atoms in total. The fourth-order valence-corrected chi connectivity index (χ4v) is 2.35. The monoisotopic (exact) mass is 259 g/mol. The molecule has 0 fully saturated rings. The molecule has 1 heterocycles. The predicted molar refractivity (Wildman–Crippen MR) is 73.3 cm³/mol. The van der Waals surface area contributed by atoms with Crippen molar-refractivity contribution in [3.8, 4) is 0 Å². The van der Waals surface area contributed by atoms with Gasteiger partial charge in [0.25, 0.3) is 0 Å². The zero-order valence-corrected chi connectivity index (χ0v) is 11.3. The highest BCUT2D eigenvalue weighted by atomic mass is 16.4. The topological polar surface area (TPSA) is 59.3 Å². The maximum atomic E-state index is 12.6. The highest BCUT2D eigenvalue weighted by Crippen LogP contribution is 2.30. The van der Waals surface area contributed by atoms with Crippen LogP contribution >= 0.6 is 0 Å². The maximum absolute atomic E-state index is 12.6. The van der Waals surface area contributed by atoms with Gasteiger partial charge in [-0.25, -0.2) is 0 Å². The first-order chi connectivity index (χ1) is 8.83. The number of rotatable bonds is 4. The first kappa shape index (κ1) is 13.3. The fraction of sp³-hybridized carbons (Fsp3) is 0.333. The second-order valence-corrected chi connectivity index (χ2v) is 5.45. The van der Waals surface area contributed by atoms with E-state index in [1.165, 1.54) is 0 Å². The highest BCUT2D eigenvalue weighted by molar-refractivity contribution is 6.11. The highest BCUT2D eigenvalue weighted by Gasteiger charge is 2.32. The number of hydrogen-bond acceptors (Lipinski definition) is 2. The molecule has 0 aliphatic rings. The van der Waals surface area contributed by atoms with E-state index in [0.717, 1.165) is 10.9 Å². The third kappa shape index (κ3) is 2.38. The third-order valence-corrected chi connectivity index (χ3v) is 3.35. The van der Waals surface area contributed by atoms with E-state index in [0.29, 0.717) is 5.56 Å². The van der Waals surface area contributed by atoms with Crippen molar-refractivity contribution in [3.63, 3.8) is 0 Å². The zero-order chi connectivity index (χ0) is 14.2. The number of carboxylic acids is 1. The molecule has 0 unspecified atom stereocenters. The van der Waals surface area contributed by atoms with Gasteiger partial charge in [0.1, 0.15) is 0 Å². The molecule has 1 aromatic heterocycles. The van der Waals surface area contributed by atoms with E-state index in [1.54, 1.807) is 20.0 Å². The van der Waals surface area contributed by atoms with E-state index in [9.17, 15) is 9.59 Å². The summed E-state index contributed by atoms with van der Waals surface area (Å²) in [6.45, 7) is 3.34. The Labute approximate surface area is 111 Å². The fourth-order valence-electron chi connectivity index (χ4n) is 2.35. The molecule has 0 bridgehead atoms. The van der Waals surface area contributed by atoms with Gasteiger partial charge in [-0.05, 0) is 6.07 Å².